The summed E-state index contributed by atoms with van der Waals surface area (Å²) in [7, 11) is 1.85. The summed E-state index contributed by atoms with van der Waals surface area (Å²) in [5.41, 5.74) is 2.71. The molecule has 18 heavy (non-hydrogen) atoms. The second kappa shape index (κ2) is 4.91. The number of nitrogens with zero attached hydrogens (tertiary/aromatic N) is 2. The van der Waals surface area contributed by atoms with Crippen molar-refractivity contribution in [3.05, 3.63) is 47.3 Å². The molecular weight excluding hydrogens is 230 g/mol. The van der Waals surface area contributed by atoms with Crippen LogP contribution in [0.2, 0.25) is 0 Å². The Kier molecular flexibility index (Phi) is 3.32. The van der Waals surface area contributed by atoms with Crippen LogP contribution < -0.4 is 5.32 Å². The van der Waals surface area contributed by atoms with Crippen LogP contribution in [0, 0.1) is 6.92 Å². The van der Waals surface area contributed by atoms with E-state index in [0.29, 0.717) is 12.2 Å². The van der Waals surface area contributed by atoms with E-state index in [2.05, 4.69) is 10.4 Å². The maximum atomic E-state index is 11.1. The third-order valence-corrected chi connectivity index (χ3v) is 2.72. The van der Waals surface area contributed by atoms with Crippen LogP contribution in [-0.2, 0) is 13.6 Å². The van der Waals surface area contributed by atoms with Crippen molar-refractivity contribution >= 4 is 11.7 Å². The van der Waals surface area contributed by atoms with Gasteiger partial charge in [-0.1, -0.05) is 12.1 Å². The SMILES string of the molecule is Cc1cccc(C(=O)O)c1NCc1ccn(C)n1. The van der Waals surface area contributed by atoms with Crippen molar-refractivity contribution in [2.75, 3.05) is 5.32 Å². The van der Waals surface area contributed by atoms with E-state index in [1.165, 1.54) is 0 Å². The van der Waals surface area contributed by atoms with E-state index in [0.717, 1.165) is 11.3 Å². The lowest BCUT2D eigenvalue weighted by atomic mass is 10.1. The van der Waals surface area contributed by atoms with Crippen LogP contribution in [0.5, 0.6) is 0 Å². The Hall–Kier alpha value is -2.30. The minimum atomic E-state index is -0.928. The van der Waals surface area contributed by atoms with Crippen LogP contribution in [0.15, 0.2) is 30.5 Å². The van der Waals surface area contributed by atoms with E-state index in [-0.39, 0.29) is 5.56 Å². The fourth-order valence-corrected chi connectivity index (χ4v) is 1.82. The molecule has 0 radical (unpaired) electrons. The largest absolute Gasteiger partial charge is 0.478 e. The number of hydrogen-bond acceptors (Lipinski definition) is 3. The van der Waals surface area contributed by atoms with Gasteiger partial charge in [0.15, 0.2) is 0 Å². The first kappa shape index (κ1) is 12.2. The van der Waals surface area contributed by atoms with Crippen LogP contribution in [0.3, 0.4) is 0 Å². The van der Waals surface area contributed by atoms with Crippen LogP contribution in [-0.4, -0.2) is 20.9 Å². The Balaban J connectivity index is 2.20. The van der Waals surface area contributed by atoms with E-state index < -0.39 is 5.97 Å². The fourth-order valence-electron chi connectivity index (χ4n) is 1.82. The third kappa shape index (κ3) is 2.51. The predicted molar refractivity (Wildman–Crippen MR) is 68.7 cm³/mol. The lowest BCUT2D eigenvalue weighted by molar-refractivity contribution is 0.0698. The molecule has 0 bridgehead atoms. The minimum absolute atomic E-state index is 0.283. The topological polar surface area (TPSA) is 67.2 Å². The number of hydrogen-bond donors (Lipinski definition) is 2. The van der Waals surface area contributed by atoms with E-state index in [4.69, 9.17) is 5.11 Å². The highest BCUT2D eigenvalue weighted by Gasteiger charge is 2.11. The van der Waals surface area contributed by atoms with E-state index in [1.807, 2.05) is 32.3 Å². The van der Waals surface area contributed by atoms with Crippen molar-refractivity contribution in [1.29, 1.82) is 0 Å². The summed E-state index contributed by atoms with van der Waals surface area (Å²) in [5, 5.41) is 16.5. The lowest BCUT2D eigenvalue weighted by Crippen LogP contribution is -2.08. The van der Waals surface area contributed by atoms with E-state index >= 15 is 0 Å². The number of anilines is 1. The van der Waals surface area contributed by atoms with Gasteiger partial charge in [0, 0.05) is 13.2 Å². The number of aryl methyl sites for hydroxylation is 2. The molecule has 5 heteroatoms. The molecule has 0 spiro atoms. The van der Waals surface area contributed by atoms with Crippen LogP contribution in [0.25, 0.3) is 0 Å². The van der Waals surface area contributed by atoms with Gasteiger partial charge in [-0.15, -0.1) is 0 Å². The Morgan fingerprint density at radius 3 is 2.83 bits per heavy atom. The molecule has 1 heterocycles. The molecule has 0 saturated carbocycles. The molecule has 0 unspecified atom stereocenters. The summed E-state index contributed by atoms with van der Waals surface area (Å²) < 4.78 is 1.72. The molecule has 94 valence electrons. The number of aromatic carboxylic acids is 1. The third-order valence-electron chi connectivity index (χ3n) is 2.72. The summed E-state index contributed by atoms with van der Waals surface area (Å²) in [5.74, 6) is -0.928. The molecule has 0 aliphatic rings. The van der Waals surface area contributed by atoms with Crippen molar-refractivity contribution in [3.63, 3.8) is 0 Å². The first-order valence-corrected chi connectivity index (χ1v) is 5.63. The van der Waals surface area contributed by atoms with Crippen molar-refractivity contribution in [3.8, 4) is 0 Å². The standard InChI is InChI=1S/C13H15N3O2/c1-9-4-3-5-11(13(17)18)12(9)14-8-10-6-7-16(2)15-10/h3-7,14H,8H2,1-2H3,(H,17,18). The Morgan fingerprint density at radius 1 is 1.44 bits per heavy atom. The molecule has 1 aromatic carbocycles. The molecule has 2 N–H and O–H groups in total. The molecule has 0 aliphatic carbocycles. The first-order chi connectivity index (χ1) is 8.58. The number of carbonyl (C=O) groups is 1. The number of benzene rings is 1. The highest BCUT2D eigenvalue weighted by Crippen LogP contribution is 2.21. The molecule has 0 amide bonds. The Bertz CT molecular complexity index is 575. The molecular formula is C13H15N3O2. The van der Waals surface area contributed by atoms with Crippen molar-refractivity contribution in [2.45, 2.75) is 13.5 Å². The summed E-state index contributed by atoms with van der Waals surface area (Å²) >= 11 is 0. The summed E-state index contributed by atoms with van der Waals surface area (Å²) in [6.07, 6.45) is 1.85. The van der Waals surface area contributed by atoms with Gasteiger partial charge < -0.3 is 10.4 Å². The van der Waals surface area contributed by atoms with Gasteiger partial charge in [-0.05, 0) is 24.6 Å². The van der Waals surface area contributed by atoms with Crippen molar-refractivity contribution < 1.29 is 9.90 Å². The van der Waals surface area contributed by atoms with Gasteiger partial charge in [0.05, 0.1) is 23.5 Å². The van der Waals surface area contributed by atoms with Crippen LogP contribution >= 0.6 is 0 Å². The predicted octanol–water partition coefficient (Wildman–Crippen LogP) is 2.04. The van der Waals surface area contributed by atoms with Crippen molar-refractivity contribution in [2.24, 2.45) is 7.05 Å². The molecule has 2 aromatic rings. The number of aromatic nitrogens is 2. The highest BCUT2D eigenvalue weighted by molar-refractivity contribution is 5.95. The monoisotopic (exact) mass is 245 g/mol. The molecule has 0 fully saturated rings. The van der Waals surface area contributed by atoms with Gasteiger partial charge in [-0.2, -0.15) is 5.10 Å². The maximum absolute atomic E-state index is 11.1. The minimum Gasteiger partial charge on any atom is -0.478 e. The average molecular weight is 245 g/mol. The second-order valence-corrected chi connectivity index (χ2v) is 4.14. The van der Waals surface area contributed by atoms with Crippen LogP contribution in [0.4, 0.5) is 5.69 Å². The average Bonchev–Trinajstić information content (AvgIpc) is 2.73. The number of rotatable bonds is 4. The smallest absolute Gasteiger partial charge is 0.337 e. The number of carboxylic acids is 1. The molecule has 0 saturated heterocycles. The quantitative estimate of drug-likeness (QED) is 0.865. The van der Waals surface area contributed by atoms with Gasteiger partial charge in [0.25, 0.3) is 0 Å². The van der Waals surface area contributed by atoms with Gasteiger partial charge in [-0.3, -0.25) is 4.68 Å². The van der Waals surface area contributed by atoms with Gasteiger partial charge in [-0.25, -0.2) is 4.79 Å². The van der Waals surface area contributed by atoms with Gasteiger partial charge in [0.2, 0.25) is 0 Å². The zero-order chi connectivity index (χ0) is 13.1. The number of para-hydroxylation sites is 1. The lowest BCUT2D eigenvalue weighted by Gasteiger charge is -2.11. The first-order valence-electron chi connectivity index (χ1n) is 5.63. The van der Waals surface area contributed by atoms with E-state index in [1.54, 1.807) is 16.8 Å². The zero-order valence-corrected chi connectivity index (χ0v) is 10.3. The number of carboxylic acid groups (broad SMARTS) is 1. The molecule has 1 aromatic heterocycles. The summed E-state index contributed by atoms with van der Waals surface area (Å²) in [4.78, 5) is 11.1. The zero-order valence-electron chi connectivity index (χ0n) is 10.3. The maximum Gasteiger partial charge on any atom is 0.337 e. The molecule has 0 atom stereocenters. The van der Waals surface area contributed by atoms with Crippen LogP contribution in [0.1, 0.15) is 21.6 Å². The number of nitrogens with one attached hydrogen (secondary N) is 1. The normalized spacial score (nSPS) is 10.3. The van der Waals surface area contributed by atoms with Gasteiger partial charge in [0.1, 0.15) is 0 Å². The van der Waals surface area contributed by atoms with Crippen molar-refractivity contribution in [1.82, 2.24) is 9.78 Å². The summed E-state index contributed by atoms with van der Waals surface area (Å²) in [6.45, 7) is 2.39. The van der Waals surface area contributed by atoms with Gasteiger partial charge >= 0.3 is 5.97 Å². The second-order valence-electron chi connectivity index (χ2n) is 4.14. The van der Waals surface area contributed by atoms with E-state index in [9.17, 15) is 4.79 Å². The molecule has 5 nitrogen and oxygen atoms in total. The highest BCUT2D eigenvalue weighted by atomic mass is 16.4. The Morgan fingerprint density at radius 2 is 2.22 bits per heavy atom. The fraction of sp³-hybridized carbons (Fsp3) is 0.231. The molecule has 0 aliphatic heterocycles. The summed E-state index contributed by atoms with van der Waals surface area (Å²) in [6, 6.07) is 7.11. The Labute approximate surface area is 105 Å². The molecule has 2 rings (SSSR count).